The van der Waals surface area contributed by atoms with E-state index in [2.05, 4.69) is 30.6 Å². The first kappa shape index (κ1) is 22.0. The summed E-state index contributed by atoms with van der Waals surface area (Å²) in [5.74, 6) is 0.214. The van der Waals surface area contributed by atoms with Gasteiger partial charge in [0, 0.05) is 31.6 Å². The predicted molar refractivity (Wildman–Crippen MR) is 124 cm³/mol. The highest BCUT2D eigenvalue weighted by atomic mass is 16.2. The number of carbonyl (C=O) groups excluding carboxylic acids is 2. The van der Waals surface area contributed by atoms with Gasteiger partial charge in [0.2, 0.25) is 5.91 Å². The number of nitrogens with one attached hydrogen (secondary N) is 2. The van der Waals surface area contributed by atoms with Crippen molar-refractivity contribution in [3.63, 3.8) is 0 Å². The van der Waals surface area contributed by atoms with Crippen molar-refractivity contribution in [1.82, 2.24) is 15.5 Å². The number of benzene rings is 2. The highest BCUT2D eigenvalue weighted by Gasteiger charge is 2.31. The Morgan fingerprint density at radius 3 is 2.62 bits per heavy atom. The maximum Gasteiger partial charge on any atom is 0.254 e. The van der Waals surface area contributed by atoms with Crippen LogP contribution in [-0.4, -0.2) is 41.9 Å². The second-order valence-electron chi connectivity index (χ2n) is 9.22. The van der Waals surface area contributed by atoms with Gasteiger partial charge in [0.25, 0.3) is 5.91 Å². The molecule has 6 nitrogen and oxygen atoms in total. The average Bonchev–Trinajstić information content (AvgIpc) is 3.08. The van der Waals surface area contributed by atoms with E-state index in [0.717, 1.165) is 40.7 Å². The van der Waals surface area contributed by atoms with Gasteiger partial charge in [-0.1, -0.05) is 43.3 Å². The molecule has 0 aliphatic carbocycles. The molecule has 2 aromatic carbocycles. The molecule has 4 rings (SSSR count). The molecule has 1 saturated heterocycles. The van der Waals surface area contributed by atoms with E-state index in [1.54, 1.807) is 4.90 Å². The van der Waals surface area contributed by atoms with Crippen molar-refractivity contribution in [2.75, 3.05) is 7.05 Å². The van der Waals surface area contributed by atoms with Crippen molar-refractivity contribution in [1.29, 1.82) is 5.26 Å². The Hall–Kier alpha value is -3.17. The number of amides is 2. The van der Waals surface area contributed by atoms with Crippen molar-refractivity contribution >= 4 is 11.8 Å². The standard InChI is InChI=1S/C26H30N4O2/c1-16-4-5-17(2)28-24(16)25(31)29-22(14-27)12-18-6-8-19(9-7-18)20-10-11-21-15-30(3)26(32)23(21)13-20/h6-11,13,16-17,22,24,28H,4-5,12,15H2,1-3H3,(H,29,31)/t16-,17+,22+,24+/m1/s1. The fraction of sp³-hybridized carbons (Fsp3) is 0.423. The van der Waals surface area contributed by atoms with E-state index in [0.29, 0.717) is 19.0 Å². The molecule has 0 spiro atoms. The van der Waals surface area contributed by atoms with Gasteiger partial charge in [0.05, 0.1) is 12.1 Å². The van der Waals surface area contributed by atoms with Crippen LogP contribution in [0.15, 0.2) is 42.5 Å². The fourth-order valence-corrected chi connectivity index (χ4v) is 4.65. The van der Waals surface area contributed by atoms with E-state index in [9.17, 15) is 14.9 Å². The van der Waals surface area contributed by atoms with Crippen LogP contribution in [0, 0.1) is 17.2 Å². The van der Waals surface area contributed by atoms with Crippen LogP contribution in [0.3, 0.4) is 0 Å². The van der Waals surface area contributed by atoms with Crippen LogP contribution in [-0.2, 0) is 17.8 Å². The Labute approximate surface area is 189 Å². The Morgan fingerprint density at radius 2 is 1.91 bits per heavy atom. The maximum atomic E-state index is 12.7. The van der Waals surface area contributed by atoms with Crippen LogP contribution >= 0.6 is 0 Å². The number of nitrogens with zero attached hydrogens (tertiary/aromatic N) is 2. The van der Waals surface area contributed by atoms with E-state index in [1.807, 2.05) is 49.5 Å². The van der Waals surface area contributed by atoms with Crippen LogP contribution < -0.4 is 10.6 Å². The van der Waals surface area contributed by atoms with Crippen LogP contribution in [0.1, 0.15) is 48.2 Å². The van der Waals surface area contributed by atoms with Gasteiger partial charge in [-0.3, -0.25) is 9.59 Å². The summed E-state index contributed by atoms with van der Waals surface area (Å²) in [5, 5.41) is 15.9. The molecule has 4 atom stereocenters. The molecule has 0 bridgehead atoms. The molecular weight excluding hydrogens is 400 g/mol. The first-order valence-corrected chi connectivity index (χ1v) is 11.3. The largest absolute Gasteiger partial charge is 0.339 e. The van der Waals surface area contributed by atoms with Gasteiger partial charge in [-0.25, -0.2) is 0 Å². The molecule has 0 saturated carbocycles. The summed E-state index contributed by atoms with van der Waals surface area (Å²) in [7, 11) is 1.81. The van der Waals surface area contributed by atoms with Crippen LogP contribution in [0.5, 0.6) is 0 Å². The van der Waals surface area contributed by atoms with E-state index < -0.39 is 6.04 Å². The van der Waals surface area contributed by atoms with Crippen molar-refractivity contribution in [3.8, 4) is 17.2 Å². The van der Waals surface area contributed by atoms with Gasteiger partial charge in [0.15, 0.2) is 0 Å². The Balaban J connectivity index is 1.41. The average molecular weight is 431 g/mol. The second kappa shape index (κ2) is 9.13. The fourth-order valence-electron chi connectivity index (χ4n) is 4.65. The monoisotopic (exact) mass is 430 g/mol. The SMILES string of the molecule is C[C@@H]1CC[C@H](C)N[C@@H]1C(=O)N[C@H](C#N)Cc1ccc(-c2ccc3c(c2)C(=O)N(C)C3)cc1. The van der Waals surface area contributed by atoms with E-state index >= 15 is 0 Å². The zero-order valence-electron chi connectivity index (χ0n) is 18.9. The normalized spacial score (nSPS) is 23.4. The quantitative estimate of drug-likeness (QED) is 0.762. The molecule has 2 aromatic rings. The molecular formula is C26H30N4O2. The lowest BCUT2D eigenvalue weighted by atomic mass is 9.88. The molecule has 1 fully saturated rings. The Morgan fingerprint density at radius 1 is 1.19 bits per heavy atom. The first-order valence-electron chi connectivity index (χ1n) is 11.3. The lowest BCUT2D eigenvalue weighted by Crippen LogP contribution is -2.55. The van der Waals surface area contributed by atoms with Crippen molar-refractivity contribution in [2.24, 2.45) is 5.92 Å². The molecule has 166 valence electrons. The van der Waals surface area contributed by atoms with Gasteiger partial charge < -0.3 is 15.5 Å². The third-order valence-corrected chi connectivity index (χ3v) is 6.66. The van der Waals surface area contributed by atoms with Gasteiger partial charge >= 0.3 is 0 Å². The summed E-state index contributed by atoms with van der Waals surface area (Å²) in [6.07, 6.45) is 2.52. The van der Waals surface area contributed by atoms with Gasteiger partial charge in [-0.05, 0) is 54.0 Å². The van der Waals surface area contributed by atoms with Gasteiger partial charge in [-0.15, -0.1) is 0 Å². The van der Waals surface area contributed by atoms with Crippen molar-refractivity contribution in [3.05, 3.63) is 59.2 Å². The number of carbonyl (C=O) groups is 2. The molecule has 32 heavy (non-hydrogen) atoms. The third kappa shape index (κ3) is 4.53. The minimum Gasteiger partial charge on any atom is -0.339 e. The highest BCUT2D eigenvalue weighted by Crippen LogP contribution is 2.28. The smallest absolute Gasteiger partial charge is 0.254 e. The molecule has 2 amide bonds. The molecule has 0 aromatic heterocycles. The number of nitriles is 1. The van der Waals surface area contributed by atoms with Gasteiger partial charge in [0.1, 0.15) is 6.04 Å². The van der Waals surface area contributed by atoms with E-state index in [1.165, 1.54) is 0 Å². The molecule has 2 heterocycles. The summed E-state index contributed by atoms with van der Waals surface area (Å²) in [5.41, 5.74) is 4.82. The molecule has 0 unspecified atom stereocenters. The van der Waals surface area contributed by atoms with Crippen LogP contribution in [0.25, 0.3) is 11.1 Å². The lowest BCUT2D eigenvalue weighted by Gasteiger charge is -2.33. The van der Waals surface area contributed by atoms with Crippen molar-refractivity contribution in [2.45, 2.75) is 57.8 Å². The van der Waals surface area contributed by atoms with Crippen molar-refractivity contribution < 1.29 is 9.59 Å². The number of rotatable bonds is 5. The predicted octanol–water partition coefficient (Wildman–Crippen LogP) is 3.27. The topological polar surface area (TPSA) is 85.2 Å². The van der Waals surface area contributed by atoms with Gasteiger partial charge in [-0.2, -0.15) is 5.26 Å². The summed E-state index contributed by atoms with van der Waals surface area (Å²) in [4.78, 5) is 26.7. The molecule has 0 radical (unpaired) electrons. The lowest BCUT2D eigenvalue weighted by molar-refractivity contribution is -0.125. The summed E-state index contributed by atoms with van der Waals surface area (Å²) < 4.78 is 0. The zero-order valence-corrected chi connectivity index (χ0v) is 18.9. The van der Waals surface area contributed by atoms with Crippen LogP contribution in [0.2, 0.25) is 0 Å². The van der Waals surface area contributed by atoms with E-state index in [4.69, 9.17) is 0 Å². The minimum atomic E-state index is -0.576. The Kier molecular flexibility index (Phi) is 6.29. The molecule has 2 aliphatic heterocycles. The second-order valence-corrected chi connectivity index (χ2v) is 9.22. The number of hydrogen-bond acceptors (Lipinski definition) is 4. The zero-order chi connectivity index (χ0) is 22.8. The molecule has 2 N–H and O–H groups in total. The van der Waals surface area contributed by atoms with Crippen LogP contribution in [0.4, 0.5) is 0 Å². The first-order chi connectivity index (χ1) is 15.4. The summed E-state index contributed by atoms with van der Waals surface area (Å²) >= 11 is 0. The Bertz CT molecular complexity index is 1060. The molecule has 6 heteroatoms. The minimum absolute atomic E-state index is 0.0576. The molecule has 2 aliphatic rings. The number of piperidine rings is 1. The van der Waals surface area contributed by atoms with E-state index in [-0.39, 0.29) is 23.8 Å². The maximum absolute atomic E-state index is 12.7. The third-order valence-electron chi connectivity index (χ3n) is 6.66. The summed E-state index contributed by atoms with van der Waals surface area (Å²) in [6, 6.07) is 15.7. The number of hydrogen-bond donors (Lipinski definition) is 2. The summed E-state index contributed by atoms with van der Waals surface area (Å²) in [6.45, 7) is 4.82. The highest BCUT2D eigenvalue weighted by molar-refractivity contribution is 5.99. The number of fused-ring (bicyclic) bond motifs is 1.